The summed E-state index contributed by atoms with van der Waals surface area (Å²) in [7, 11) is 0. The molecule has 0 bridgehead atoms. The molecule has 0 amide bonds. The Morgan fingerprint density at radius 3 is 2.23 bits per heavy atom. The third-order valence-corrected chi connectivity index (χ3v) is 2.93. The Morgan fingerprint density at radius 2 is 1.77 bits per heavy atom. The predicted molar refractivity (Wildman–Crippen MR) is 52.4 cm³/mol. The van der Waals surface area contributed by atoms with Gasteiger partial charge in [-0.25, -0.2) is 0 Å². The van der Waals surface area contributed by atoms with Crippen LogP contribution in [0.2, 0.25) is 0 Å². The van der Waals surface area contributed by atoms with E-state index in [1.165, 1.54) is 6.42 Å². The summed E-state index contributed by atoms with van der Waals surface area (Å²) < 4.78 is 0. The van der Waals surface area contributed by atoms with Gasteiger partial charge in [-0.3, -0.25) is 4.79 Å². The molecule has 0 aromatic heterocycles. The zero-order chi connectivity index (χ0) is 9.84. The van der Waals surface area contributed by atoms with Crippen molar-refractivity contribution in [2.24, 2.45) is 11.8 Å². The summed E-state index contributed by atoms with van der Waals surface area (Å²) in [6, 6.07) is 0. The summed E-state index contributed by atoms with van der Waals surface area (Å²) >= 11 is 0. The van der Waals surface area contributed by atoms with Crippen LogP contribution < -0.4 is 0 Å². The number of aliphatic hydroxyl groups excluding tert-OH is 1. The summed E-state index contributed by atoms with van der Waals surface area (Å²) in [4.78, 5) is 11.7. The van der Waals surface area contributed by atoms with E-state index in [4.69, 9.17) is 0 Å². The molecule has 0 spiro atoms. The van der Waals surface area contributed by atoms with Crippen LogP contribution in [0.4, 0.5) is 0 Å². The Balaban J connectivity index is 2.45. The van der Waals surface area contributed by atoms with E-state index in [2.05, 4.69) is 0 Å². The number of ketones is 1. The van der Waals surface area contributed by atoms with E-state index in [9.17, 15) is 9.90 Å². The number of carbonyl (C=O) groups is 1. The summed E-state index contributed by atoms with van der Waals surface area (Å²) in [5, 5.41) is 9.60. The van der Waals surface area contributed by atoms with Crippen LogP contribution in [0.5, 0.6) is 0 Å². The van der Waals surface area contributed by atoms with Crippen LogP contribution >= 0.6 is 0 Å². The summed E-state index contributed by atoms with van der Waals surface area (Å²) in [6.07, 6.45) is 4.80. The van der Waals surface area contributed by atoms with Crippen LogP contribution in [0.1, 0.15) is 46.0 Å². The van der Waals surface area contributed by atoms with Crippen LogP contribution in [0.25, 0.3) is 0 Å². The van der Waals surface area contributed by atoms with Gasteiger partial charge >= 0.3 is 0 Å². The second kappa shape index (κ2) is 4.75. The van der Waals surface area contributed by atoms with E-state index >= 15 is 0 Å². The number of aliphatic hydroxyl groups is 1. The first kappa shape index (κ1) is 10.7. The highest BCUT2D eigenvalue weighted by Gasteiger charge is 2.28. The van der Waals surface area contributed by atoms with Crippen molar-refractivity contribution < 1.29 is 9.90 Å². The van der Waals surface area contributed by atoms with Gasteiger partial charge in [0.2, 0.25) is 0 Å². The van der Waals surface area contributed by atoms with E-state index < -0.39 is 6.10 Å². The molecule has 0 heterocycles. The van der Waals surface area contributed by atoms with Gasteiger partial charge in [-0.05, 0) is 18.8 Å². The third kappa shape index (κ3) is 2.80. The summed E-state index contributed by atoms with van der Waals surface area (Å²) in [5.41, 5.74) is 0. The molecule has 1 rings (SSSR count). The standard InChI is InChI=1S/C11H20O2/c1-8(2)10(12)11(13)9-6-4-3-5-7-9/h8-10,12H,3-7H2,1-2H3. The smallest absolute Gasteiger partial charge is 0.164 e. The lowest BCUT2D eigenvalue weighted by Gasteiger charge is -2.24. The highest BCUT2D eigenvalue weighted by Crippen LogP contribution is 2.26. The van der Waals surface area contributed by atoms with Crippen LogP contribution in [0.15, 0.2) is 0 Å². The highest BCUT2D eigenvalue weighted by molar-refractivity contribution is 5.85. The van der Waals surface area contributed by atoms with Gasteiger partial charge in [0.1, 0.15) is 6.10 Å². The molecule has 2 nitrogen and oxygen atoms in total. The second-order valence-corrected chi connectivity index (χ2v) is 4.43. The maximum Gasteiger partial charge on any atom is 0.164 e. The zero-order valence-corrected chi connectivity index (χ0v) is 8.62. The Bertz CT molecular complexity index is 169. The minimum atomic E-state index is -0.733. The Labute approximate surface area is 80.3 Å². The average molecular weight is 184 g/mol. The van der Waals surface area contributed by atoms with E-state index in [1.54, 1.807) is 0 Å². The molecule has 76 valence electrons. The molecule has 1 saturated carbocycles. The summed E-state index contributed by atoms with van der Waals surface area (Å²) in [6.45, 7) is 3.79. The maximum absolute atomic E-state index is 11.7. The van der Waals surface area contributed by atoms with Crippen molar-refractivity contribution in [1.29, 1.82) is 0 Å². The normalized spacial score (nSPS) is 21.8. The van der Waals surface area contributed by atoms with Crippen LogP contribution in [-0.2, 0) is 4.79 Å². The van der Waals surface area contributed by atoms with Gasteiger partial charge in [0.25, 0.3) is 0 Å². The quantitative estimate of drug-likeness (QED) is 0.729. The van der Waals surface area contributed by atoms with Crippen LogP contribution in [0.3, 0.4) is 0 Å². The van der Waals surface area contributed by atoms with Crippen molar-refractivity contribution >= 4 is 5.78 Å². The van der Waals surface area contributed by atoms with Crippen LogP contribution in [0, 0.1) is 11.8 Å². The topological polar surface area (TPSA) is 37.3 Å². The Kier molecular flexibility index (Phi) is 3.91. The molecule has 2 heteroatoms. The fourth-order valence-corrected chi connectivity index (χ4v) is 1.96. The van der Waals surface area contributed by atoms with Gasteiger partial charge in [0.15, 0.2) is 5.78 Å². The SMILES string of the molecule is CC(C)C(O)C(=O)C1CCCCC1. The molecule has 1 N–H and O–H groups in total. The molecule has 0 saturated heterocycles. The molecule has 0 aromatic carbocycles. The van der Waals surface area contributed by atoms with Gasteiger partial charge in [0, 0.05) is 5.92 Å². The lowest BCUT2D eigenvalue weighted by atomic mass is 9.82. The minimum Gasteiger partial charge on any atom is -0.385 e. The molecule has 1 fully saturated rings. The Morgan fingerprint density at radius 1 is 1.23 bits per heavy atom. The Hall–Kier alpha value is -0.370. The number of rotatable bonds is 3. The van der Waals surface area contributed by atoms with Crippen molar-refractivity contribution in [1.82, 2.24) is 0 Å². The van der Waals surface area contributed by atoms with Gasteiger partial charge in [0.05, 0.1) is 0 Å². The molecule has 1 aliphatic rings. The largest absolute Gasteiger partial charge is 0.385 e. The van der Waals surface area contributed by atoms with Crippen LogP contribution in [-0.4, -0.2) is 17.0 Å². The molecule has 0 radical (unpaired) electrons. The first-order valence-electron chi connectivity index (χ1n) is 5.34. The van der Waals surface area contributed by atoms with Gasteiger partial charge in [-0.15, -0.1) is 0 Å². The van der Waals surface area contributed by atoms with Crippen molar-refractivity contribution in [2.45, 2.75) is 52.1 Å². The van der Waals surface area contributed by atoms with Gasteiger partial charge in [-0.1, -0.05) is 33.1 Å². The number of carbonyl (C=O) groups excluding carboxylic acids is 1. The zero-order valence-electron chi connectivity index (χ0n) is 8.62. The molecule has 0 aromatic rings. The van der Waals surface area contributed by atoms with E-state index in [0.717, 1.165) is 25.7 Å². The van der Waals surface area contributed by atoms with Crippen molar-refractivity contribution in [3.8, 4) is 0 Å². The summed E-state index contributed by atoms with van der Waals surface area (Å²) in [5.74, 6) is 0.287. The first-order valence-corrected chi connectivity index (χ1v) is 5.34. The maximum atomic E-state index is 11.7. The second-order valence-electron chi connectivity index (χ2n) is 4.43. The van der Waals surface area contributed by atoms with E-state index in [-0.39, 0.29) is 17.6 Å². The molecule has 0 aliphatic heterocycles. The van der Waals surface area contributed by atoms with Crippen molar-refractivity contribution in [3.63, 3.8) is 0 Å². The van der Waals surface area contributed by atoms with Crippen molar-refractivity contribution in [2.75, 3.05) is 0 Å². The lowest BCUT2D eigenvalue weighted by molar-refractivity contribution is -0.134. The molecule has 1 atom stereocenters. The third-order valence-electron chi connectivity index (χ3n) is 2.93. The molecule has 1 aliphatic carbocycles. The van der Waals surface area contributed by atoms with E-state index in [0.29, 0.717) is 0 Å². The monoisotopic (exact) mass is 184 g/mol. The van der Waals surface area contributed by atoms with Gasteiger partial charge < -0.3 is 5.11 Å². The molecular weight excluding hydrogens is 164 g/mol. The molecular formula is C11H20O2. The minimum absolute atomic E-state index is 0.0643. The molecule has 1 unspecified atom stereocenters. The lowest BCUT2D eigenvalue weighted by Crippen LogP contribution is -2.33. The fraction of sp³-hybridized carbons (Fsp3) is 0.909. The predicted octanol–water partition coefficient (Wildman–Crippen LogP) is 2.15. The van der Waals surface area contributed by atoms with E-state index in [1.807, 2.05) is 13.8 Å². The average Bonchev–Trinajstić information content (AvgIpc) is 2.17. The number of hydrogen-bond donors (Lipinski definition) is 1. The van der Waals surface area contributed by atoms with Gasteiger partial charge in [-0.2, -0.15) is 0 Å². The number of Topliss-reactive ketones (excluding diaryl/α,β-unsaturated/α-hetero) is 1. The number of hydrogen-bond acceptors (Lipinski definition) is 2. The van der Waals surface area contributed by atoms with Crippen molar-refractivity contribution in [3.05, 3.63) is 0 Å². The fourth-order valence-electron chi connectivity index (χ4n) is 1.96. The highest BCUT2D eigenvalue weighted by atomic mass is 16.3. The first-order chi connectivity index (χ1) is 6.13. The molecule has 13 heavy (non-hydrogen) atoms.